The van der Waals surface area contributed by atoms with Gasteiger partial charge in [0.05, 0.1) is 23.5 Å². The molecule has 1 rings (SSSR count). The molecule has 0 fully saturated rings. The maximum Gasteiger partial charge on any atom is 0.0817 e. The summed E-state index contributed by atoms with van der Waals surface area (Å²) in [5.41, 5.74) is 7.43. The van der Waals surface area contributed by atoms with Crippen LogP contribution in [0.4, 0.5) is 0 Å². The first-order valence-electron chi connectivity index (χ1n) is 6.82. The van der Waals surface area contributed by atoms with E-state index in [4.69, 9.17) is 17.3 Å². The van der Waals surface area contributed by atoms with Crippen LogP contribution in [0.25, 0.3) is 0 Å². The molecule has 0 aliphatic heterocycles. The lowest BCUT2D eigenvalue weighted by Crippen LogP contribution is -2.35. The third-order valence-corrected chi connectivity index (χ3v) is 3.78. The Hall–Kier alpha value is -0.580. The van der Waals surface area contributed by atoms with Gasteiger partial charge in [0.25, 0.3) is 0 Å². The molecule has 0 spiro atoms. The summed E-state index contributed by atoms with van der Waals surface area (Å²) in [5, 5.41) is 5.09. The van der Waals surface area contributed by atoms with Crippen LogP contribution in [-0.4, -0.2) is 41.4 Å². The van der Waals surface area contributed by atoms with Crippen LogP contribution in [0.5, 0.6) is 0 Å². The minimum atomic E-state index is 0.126. The van der Waals surface area contributed by atoms with Gasteiger partial charge in [-0.2, -0.15) is 5.10 Å². The molecule has 110 valence electrons. The van der Waals surface area contributed by atoms with Gasteiger partial charge in [-0.1, -0.05) is 32.4 Å². The number of hydrogen-bond donors (Lipinski definition) is 1. The summed E-state index contributed by atoms with van der Waals surface area (Å²) in [6, 6.07) is 0.167. The zero-order chi connectivity index (χ0) is 14.6. The van der Waals surface area contributed by atoms with Crippen LogP contribution in [0.2, 0.25) is 5.02 Å². The largest absolute Gasteiger partial charge is 0.327 e. The van der Waals surface area contributed by atoms with E-state index in [1.165, 1.54) is 0 Å². The van der Waals surface area contributed by atoms with E-state index in [1.807, 2.05) is 4.68 Å². The number of hydrogen-bond acceptors (Lipinski definition) is 3. The average Bonchev–Trinajstić information content (AvgIpc) is 2.63. The van der Waals surface area contributed by atoms with Crippen LogP contribution in [0.3, 0.4) is 0 Å². The van der Waals surface area contributed by atoms with Crippen molar-refractivity contribution in [3.8, 4) is 0 Å². The zero-order valence-corrected chi connectivity index (χ0v) is 13.5. The van der Waals surface area contributed by atoms with Crippen molar-refractivity contribution in [3.63, 3.8) is 0 Å². The van der Waals surface area contributed by atoms with E-state index in [0.29, 0.717) is 0 Å². The van der Waals surface area contributed by atoms with Crippen molar-refractivity contribution in [1.82, 2.24) is 14.7 Å². The molecule has 1 unspecified atom stereocenters. The normalized spacial score (nSPS) is 14.1. The molecule has 0 aliphatic rings. The van der Waals surface area contributed by atoms with Gasteiger partial charge in [-0.05, 0) is 32.4 Å². The summed E-state index contributed by atoms with van der Waals surface area (Å²) in [6.45, 7) is 8.32. The van der Waals surface area contributed by atoms with Gasteiger partial charge in [-0.3, -0.25) is 4.68 Å². The van der Waals surface area contributed by atoms with Gasteiger partial charge in [0.15, 0.2) is 0 Å². The predicted octanol–water partition coefficient (Wildman–Crippen LogP) is 2.40. The molecule has 1 atom stereocenters. The molecule has 4 nitrogen and oxygen atoms in total. The first-order chi connectivity index (χ1) is 8.71. The van der Waals surface area contributed by atoms with E-state index in [2.05, 4.69) is 44.9 Å². The van der Waals surface area contributed by atoms with Crippen LogP contribution in [0.15, 0.2) is 6.20 Å². The van der Waals surface area contributed by atoms with E-state index in [-0.39, 0.29) is 11.5 Å². The van der Waals surface area contributed by atoms with Crippen molar-refractivity contribution in [2.45, 2.75) is 46.2 Å². The van der Waals surface area contributed by atoms with Crippen LogP contribution in [-0.2, 0) is 13.0 Å². The molecular formula is C14H27ClN4. The Morgan fingerprint density at radius 1 is 1.42 bits per heavy atom. The van der Waals surface area contributed by atoms with Gasteiger partial charge in [-0.25, -0.2) is 0 Å². The highest BCUT2D eigenvalue weighted by Crippen LogP contribution is 2.23. The minimum absolute atomic E-state index is 0.126. The summed E-state index contributed by atoms with van der Waals surface area (Å²) in [7, 11) is 4.11. The van der Waals surface area contributed by atoms with Crippen LogP contribution >= 0.6 is 11.6 Å². The topological polar surface area (TPSA) is 47.1 Å². The molecular weight excluding hydrogens is 260 g/mol. The Kier molecular flexibility index (Phi) is 5.83. The van der Waals surface area contributed by atoms with Gasteiger partial charge < -0.3 is 10.6 Å². The fourth-order valence-corrected chi connectivity index (χ4v) is 2.08. The first kappa shape index (κ1) is 16.5. The molecule has 0 amide bonds. The maximum atomic E-state index is 6.22. The monoisotopic (exact) mass is 286 g/mol. The van der Waals surface area contributed by atoms with Crippen molar-refractivity contribution in [2.75, 3.05) is 20.6 Å². The lowest BCUT2D eigenvalue weighted by atomic mass is 9.84. The molecule has 0 aliphatic carbocycles. The molecule has 19 heavy (non-hydrogen) atoms. The fraction of sp³-hybridized carbons (Fsp3) is 0.786. The van der Waals surface area contributed by atoms with E-state index in [1.54, 1.807) is 6.20 Å². The lowest BCUT2D eigenvalue weighted by molar-refractivity contribution is 0.303. The van der Waals surface area contributed by atoms with E-state index >= 15 is 0 Å². The highest BCUT2D eigenvalue weighted by Gasteiger charge is 2.21. The summed E-state index contributed by atoms with van der Waals surface area (Å²) in [5.74, 6) is 0. The third-order valence-electron chi connectivity index (χ3n) is 3.46. The lowest BCUT2D eigenvalue weighted by Gasteiger charge is -2.27. The van der Waals surface area contributed by atoms with Crippen LogP contribution in [0, 0.1) is 5.41 Å². The standard InChI is InChI=1S/C14H27ClN4/c1-14(2,3)13(16)7-6-12-11(15)10-17-19(12)9-8-18(4)5/h10,13H,6-9,16H2,1-5H3. The fourth-order valence-electron chi connectivity index (χ4n) is 1.85. The minimum Gasteiger partial charge on any atom is -0.327 e. The van der Waals surface area contributed by atoms with Crippen molar-refractivity contribution < 1.29 is 0 Å². The summed E-state index contributed by atoms with van der Waals surface area (Å²) in [4.78, 5) is 2.14. The van der Waals surface area contributed by atoms with E-state index in [0.717, 1.165) is 36.6 Å². The van der Waals surface area contributed by atoms with Crippen molar-refractivity contribution in [3.05, 3.63) is 16.9 Å². The quantitative estimate of drug-likeness (QED) is 0.873. The molecule has 1 heterocycles. The summed E-state index contributed by atoms with van der Waals surface area (Å²) in [6.07, 6.45) is 3.54. The smallest absolute Gasteiger partial charge is 0.0817 e. The van der Waals surface area contributed by atoms with Crippen molar-refractivity contribution >= 4 is 11.6 Å². The Morgan fingerprint density at radius 2 is 2.05 bits per heavy atom. The van der Waals surface area contributed by atoms with Gasteiger partial charge in [0, 0.05) is 12.6 Å². The highest BCUT2D eigenvalue weighted by atomic mass is 35.5. The Labute approximate surface area is 121 Å². The number of rotatable bonds is 6. The Balaban J connectivity index is 2.64. The van der Waals surface area contributed by atoms with Gasteiger partial charge in [-0.15, -0.1) is 0 Å². The second-order valence-corrected chi connectivity index (χ2v) is 6.88. The maximum absolute atomic E-state index is 6.22. The third kappa shape index (κ3) is 5.13. The van der Waals surface area contributed by atoms with Crippen LogP contribution in [0.1, 0.15) is 32.9 Å². The molecule has 0 radical (unpaired) electrons. The molecule has 2 N–H and O–H groups in total. The van der Waals surface area contributed by atoms with Gasteiger partial charge in [0.2, 0.25) is 0 Å². The molecule has 0 saturated heterocycles. The zero-order valence-electron chi connectivity index (χ0n) is 12.8. The second kappa shape index (κ2) is 6.73. The summed E-state index contributed by atoms with van der Waals surface area (Å²) < 4.78 is 2.00. The highest BCUT2D eigenvalue weighted by molar-refractivity contribution is 6.31. The number of likely N-dealkylation sites (N-methyl/N-ethyl adjacent to an activating group) is 1. The van der Waals surface area contributed by atoms with Gasteiger partial charge in [0.1, 0.15) is 0 Å². The SMILES string of the molecule is CN(C)CCn1ncc(Cl)c1CCC(N)C(C)(C)C. The predicted molar refractivity (Wildman–Crippen MR) is 81.5 cm³/mol. The van der Waals surface area contributed by atoms with Crippen LogP contribution < -0.4 is 5.73 Å². The molecule has 1 aromatic heterocycles. The molecule has 0 bridgehead atoms. The van der Waals surface area contributed by atoms with E-state index in [9.17, 15) is 0 Å². The molecule has 0 aromatic carbocycles. The molecule has 5 heteroatoms. The number of aromatic nitrogens is 2. The number of nitrogens with zero attached hydrogens (tertiary/aromatic N) is 3. The average molecular weight is 287 g/mol. The summed E-state index contributed by atoms with van der Waals surface area (Å²) >= 11 is 6.22. The second-order valence-electron chi connectivity index (χ2n) is 6.48. The van der Waals surface area contributed by atoms with Crippen molar-refractivity contribution in [2.24, 2.45) is 11.1 Å². The Bertz CT molecular complexity index is 393. The number of halogens is 1. The molecule has 1 aromatic rings. The Morgan fingerprint density at radius 3 is 2.58 bits per heavy atom. The number of nitrogens with two attached hydrogens (primary N) is 1. The molecule has 0 saturated carbocycles. The van der Waals surface area contributed by atoms with Crippen molar-refractivity contribution in [1.29, 1.82) is 0 Å². The van der Waals surface area contributed by atoms with Gasteiger partial charge >= 0.3 is 0 Å². The first-order valence-corrected chi connectivity index (χ1v) is 7.20. The van der Waals surface area contributed by atoms with E-state index < -0.39 is 0 Å².